The summed E-state index contributed by atoms with van der Waals surface area (Å²) in [6.07, 6.45) is 3.37. The molecule has 3 aromatic rings. The van der Waals surface area contributed by atoms with Gasteiger partial charge in [-0.25, -0.2) is 5.43 Å². The number of hydrogen-bond donors (Lipinski definition) is 1. The van der Waals surface area contributed by atoms with Gasteiger partial charge >= 0.3 is 0 Å². The van der Waals surface area contributed by atoms with Gasteiger partial charge in [-0.1, -0.05) is 36.4 Å². The monoisotopic (exact) mass is 444 g/mol. The molecule has 0 spiro atoms. The van der Waals surface area contributed by atoms with Crippen LogP contribution in [0, 0.1) is 0 Å². The Labute approximate surface area is 194 Å². The van der Waals surface area contributed by atoms with Gasteiger partial charge in [-0.05, 0) is 73.2 Å². The molecule has 1 N–H and O–H groups in total. The average Bonchev–Trinajstić information content (AvgIpc) is 3.33. The molecule has 0 heterocycles. The van der Waals surface area contributed by atoms with Crippen LogP contribution in [0.25, 0.3) is 0 Å². The van der Waals surface area contributed by atoms with Gasteiger partial charge in [0.2, 0.25) is 0 Å². The summed E-state index contributed by atoms with van der Waals surface area (Å²) in [6.45, 7) is 2.18. The number of amides is 1. The van der Waals surface area contributed by atoms with Gasteiger partial charge in [-0.2, -0.15) is 5.10 Å². The van der Waals surface area contributed by atoms with Crippen LogP contribution < -0.4 is 19.6 Å². The Bertz CT molecular complexity index is 1140. The highest BCUT2D eigenvalue weighted by Crippen LogP contribution is 2.29. The number of hydrazone groups is 1. The van der Waals surface area contributed by atoms with E-state index in [0.29, 0.717) is 29.6 Å². The summed E-state index contributed by atoms with van der Waals surface area (Å²) in [6, 6.07) is 21.5. The predicted octanol–water partition coefficient (Wildman–Crippen LogP) is 4.68. The van der Waals surface area contributed by atoms with Crippen molar-refractivity contribution in [3.63, 3.8) is 0 Å². The molecule has 6 heteroatoms. The molecule has 0 saturated carbocycles. The van der Waals surface area contributed by atoms with Crippen LogP contribution in [0.3, 0.4) is 0 Å². The van der Waals surface area contributed by atoms with Gasteiger partial charge in [0.1, 0.15) is 12.4 Å². The molecule has 4 rings (SSSR count). The molecule has 0 fully saturated rings. The van der Waals surface area contributed by atoms with Crippen molar-refractivity contribution in [1.29, 1.82) is 0 Å². The predicted molar refractivity (Wildman–Crippen MR) is 128 cm³/mol. The van der Waals surface area contributed by atoms with Gasteiger partial charge in [0.15, 0.2) is 18.1 Å². The highest BCUT2D eigenvalue weighted by atomic mass is 16.5. The summed E-state index contributed by atoms with van der Waals surface area (Å²) >= 11 is 0. The minimum absolute atomic E-state index is 0.0921. The summed E-state index contributed by atoms with van der Waals surface area (Å²) in [5.74, 6) is 1.64. The Kier molecular flexibility index (Phi) is 7.25. The molecule has 0 radical (unpaired) electrons. The quantitative estimate of drug-likeness (QED) is 0.384. The van der Waals surface area contributed by atoms with Crippen molar-refractivity contribution in [3.05, 3.63) is 89.0 Å². The molecule has 33 heavy (non-hydrogen) atoms. The molecule has 1 aliphatic carbocycles. The summed E-state index contributed by atoms with van der Waals surface area (Å²) in [5, 5.41) is 4.20. The van der Waals surface area contributed by atoms with Gasteiger partial charge in [-0.3, -0.25) is 4.79 Å². The van der Waals surface area contributed by atoms with E-state index in [4.69, 9.17) is 14.2 Å². The summed E-state index contributed by atoms with van der Waals surface area (Å²) < 4.78 is 17.0. The molecule has 0 aromatic heterocycles. The molecule has 6 nitrogen and oxygen atoms in total. The van der Waals surface area contributed by atoms with Crippen molar-refractivity contribution in [3.8, 4) is 17.2 Å². The van der Waals surface area contributed by atoms with Crippen molar-refractivity contribution in [2.75, 3.05) is 13.7 Å². The van der Waals surface area contributed by atoms with Crippen molar-refractivity contribution < 1.29 is 19.0 Å². The first-order valence-electron chi connectivity index (χ1n) is 11.1. The van der Waals surface area contributed by atoms with Crippen molar-refractivity contribution in [1.82, 2.24) is 5.43 Å². The largest absolute Gasteiger partial charge is 0.493 e. The zero-order valence-electron chi connectivity index (χ0n) is 19.0. The molecule has 3 aromatic carbocycles. The Balaban J connectivity index is 1.32. The second-order valence-corrected chi connectivity index (χ2v) is 7.94. The number of carbonyl (C=O) groups is 1. The lowest BCUT2D eigenvalue weighted by Crippen LogP contribution is -2.25. The van der Waals surface area contributed by atoms with Crippen LogP contribution in [-0.2, 0) is 24.2 Å². The first kappa shape index (κ1) is 22.4. The normalized spacial score (nSPS) is 12.7. The van der Waals surface area contributed by atoms with E-state index in [2.05, 4.69) is 16.6 Å². The molecule has 0 unspecified atom stereocenters. The lowest BCUT2D eigenvalue weighted by atomic mass is 10.1. The minimum Gasteiger partial charge on any atom is -0.493 e. The van der Waals surface area contributed by atoms with Crippen molar-refractivity contribution in [2.45, 2.75) is 32.8 Å². The number of methoxy groups -OCH3 is 1. The molecule has 1 amide bonds. The van der Waals surface area contributed by atoms with Crippen LogP contribution in [-0.4, -0.2) is 25.3 Å². The first-order chi connectivity index (χ1) is 16.1. The highest BCUT2D eigenvalue weighted by molar-refractivity contribution is 5.99. The molecular weight excluding hydrogens is 416 g/mol. The smallest absolute Gasteiger partial charge is 0.277 e. The van der Waals surface area contributed by atoms with E-state index in [1.54, 1.807) is 7.11 Å². The zero-order valence-corrected chi connectivity index (χ0v) is 19.0. The second-order valence-electron chi connectivity index (χ2n) is 7.94. The number of nitrogens with zero attached hydrogens (tertiary/aromatic N) is 1. The Hall–Kier alpha value is -3.80. The highest BCUT2D eigenvalue weighted by Gasteiger charge is 2.12. The van der Waals surface area contributed by atoms with Crippen LogP contribution in [0.15, 0.2) is 71.8 Å². The Morgan fingerprint density at radius 2 is 1.76 bits per heavy atom. The number of fused-ring (bicyclic) bond motifs is 1. The molecule has 0 atom stereocenters. The average molecular weight is 445 g/mol. The first-order valence-corrected chi connectivity index (χ1v) is 11.1. The van der Waals surface area contributed by atoms with E-state index in [1.807, 2.05) is 67.6 Å². The Morgan fingerprint density at radius 3 is 2.58 bits per heavy atom. The maximum absolute atomic E-state index is 12.2. The third-order valence-electron chi connectivity index (χ3n) is 5.61. The van der Waals surface area contributed by atoms with E-state index in [0.717, 1.165) is 24.0 Å². The third kappa shape index (κ3) is 5.92. The number of ether oxygens (including phenoxy) is 3. The van der Waals surface area contributed by atoms with Gasteiger partial charge in [0.05, 0.1) is 12.8 Å². The van der Waals surface area contributed by atoms with E-state index >= 15 is 0 Å². The fraction of sp³-hybridized carbons (Fsp3) is 0.259. The topological polar surface area (TPSA) is 69.2 Å². The van der Waals surface area contributed by atoms with E-state index in [-0.39, 0.29) is 12.5 Å². The molecule has 0 saturated heterocycles. The van der Waals surface area contributed by atoms with Gasteiger partial charge in [-0.15, -0.1) is 0 Å². The maximum atomic E-state index is 12.2. The molecular formula is C27H28N2O4. The zero-order chi connectivity index (χ0) is 23.0. The second kappa shape index (κ2) is 10.7. The Morgan fingerprint density at radius 1 is 0.939 bits per heavy atom. The molecule has 170 valence electrons. The maximum Gasteiger partial charge on any atom is 0.277 e. The number of benzene rings is 3. The van der Waals surface area contributed by atoms with Crippen molar-refractivity contribution in [2.24, 2.45) is 5.10 Å². The van der Waals surface area contributed by atoms with E-state index in [9.17, 15) is 4.79 Å². The van der Waals surface area contributed by atoms with Crippen LogP contribution in [0.2, 0.25) is 0 Å². The SMILES string of the molecule is COc1cc(/C(C)=N/NC(=O)COc2ccc3c(c2)CCC3)ccc1OCc1ccccc1. The molecule has 0 aliphatic heterocycles. The summed E-state index contributed by atoms with van der Waals surface area (Å²) in [5.41, 5.74) is 7.78. The summed E-state index contributed by atoms with van der Waals surface area (Å²) in [4.78, 5) is 12.2. The molecule has 0 bridgehead atoms. The number of carbonyl (C=O) groups excluding carboxylic acids is 1. The number of nitrogens with one attached hydrogen (secondary N) is 1. The standard InChI is InChI=1S/C27H28N2O4/c1-19(28-29-27(30)18-32-24-13-11-21-9-6-10-23(21)15-24)22-12-14-25(26(16-22)31-2)33-17-20-7-4-3-5-8-20/h3-5,7-8,11-16H,6,9-10,17-18H2,1-2H3,(H,29,30)/b28-19+. The van der Waals surface area contributed by atoms with Crippen LogP contribution >= 0.6 is 0 Å². The van der Waals surface area contributed by atoms with Crippen molar-refractivity contribution >= 4 is 11.6 Å². The lowest BCUT2D eigenvalue weighted by molar-refractivity contribution is -0.123. The lowest BCUT2D eigenvalue weighted by Gasteiger charge is -2.12. The van der Waals surface area contributed by atoms with Gasteiger partial charge < -0.3 is 14.2 Å². The minimum atomic E-state index is -0.315. The third-order valence-corrected chi connectivity index (χ3v) is 5.61. The van der Waals surface area contributed by atoms with Crippen LogP contribution in [0.4, 0.5) is 0 Å². The fourth-order valence-corrected chi connectivity index (χ4v) is 3.78. The number of rotatable bonds is 9. The summed E-state index contributed by atoms with van der Waals surface area (Å²) in [7, 11) is 1.60. The van der Waals surface area contributed by atoms with Gasteiger partial charge in [0.25, 0.3) is 5.91 Å². The van der Waals surface area contributed by atoms with Crippen LogP contribution in [0.5, 0.6) is 17.2 Å². The van der Waals surface area contributed by atoms with E-state index in [1.165, 1.54) is 17.5 Å². The van der Waals surface area contributed by atoms with Crippen LogP contribution in [0.1, 0.15) is 35.6 Å². The fourth-order valence-electron chi connectivity index (χ4n) is 3.78. The van der Waals surface area contributed by atoms with Gasteiger partial charge in [0, 0.05) is 5.56 Å². The number of aryl methyl sites for hydroxylation is 2. The van der Waals surface area contributed by atoms with E-state index < -0.39 is 0 Å². The molecule has 1 aliphatic rings. The number of hydrogen-bond acceptors (Lipinski definition) is 5.